The monoisotopic (exact) mass is 604 g/mol. The summed E-state index contributed by atoms with van der Waals surface area (Å²) in [7, 11) is 7.59. The first kappa shape index (κ1) is 30.6. The fraction of sp³-hybridized carbons (Fsp3) is 0.444. The summed E-state index contributed by atoms with van der Waals surface area (Å²) in [6, 6.07) is 15.7. The van der Waals surface area contributed by atoms with Crippen LogP contribution in [0, 0.1) is 17.2 Å². The van der Waals surface area contributed by atoms with E-state index in [1.165, 1.54) is 11.1 Å². The van der Waals surface area contributed by atoms with Gasteiger partial charge in [-0.1, -0.05) is 31.4 Å². The van der Waals surface area contributed by atoms with Gasteiger partial charge in [0.2, 0.25) is 0 Å². The summed E-state index contributed by atoms with van der Waals surface area (Å²) in [5.41, 5.74) is 7.70. The third-order valence-electron chi connectivity index (χ3n) is 10.0. The van der Waals surface area contributed by atoms with Gasteiger partial charge in [-0.05, 0) is 91.0 Å². The summed E-state index contributed by atoms with van der Waals surface area (Å²) in [4.78, 5) is 23.8. The molecule has 9 heteroatoms. The van der Waals surface area contributed by atoms with Crippen LogP contribution in [-0.4, -0.2) is 88.6 Å². The molecule has 6 rings (SSSR count). The molecular formula is C36H44N8O. The second-order valence-electron chi connectivity index (χ2n) is 13.4. The molecule has 2 fully saturated rings. The number of likely N-dealkylation sites (tertiary alicyclic amines) is 1. The fourth-order valence-electron chi connectivity index (χ4n) is 7.60. The molecule has 2 aliphatic carbocycles. The zero-order chi connectivity index (χ0) is 32.0. The minimum Gasteiger partial charge on any atom is -0.378 e. The van der Waals surface area contributed by atoms with Crippen LogP contribution in [0.5, 0.6) is 0 Å². The molecule has 2 aromatic carbocycles. The van der Waals surface area contributed by atoms with Crippen LogP contribution in [0.15, 0.2) is 61.6 Å². The minimum atomic E-state index is -0.659. The van der Waals surface area contributed by atoms with Gasteiger partial charge in [0.1, 0.15) is 18.2 Å². The van der Waals surface area contributed by atoms with E-state index < -0.39 is 5.41 Å². The highest BCUT2D eigenvalue weighted by molar-refractivity contribution is 5.94. The lowest BCUT2D eigenvalue weighted by Gasteiger charge is -2.38. The highest BCUT2D eigenvalue weighted by Gasteiger charge is 2.52. The van der Waals surface area contributed by atoms with Gasteiger partial charge >= 0.3 is 0 Å². The fourth-order valence-corrected chi connectivity index (χ4v) is 7.60. The molecule has 3 aromatic rings. The molecule has 2 N–H and O–H groups in total. The summed E-state index contributed by atoms with van der Waals surface area (Å²) in [6.45, 7) is 11.5. The van der Waals surface area contributed by atoms with Crippen molar-refractivity contribution in [3.8, 4) is 6.07 Å². The lowest BCUT2D eigenvalue weighted by atomic mass is 9.67. The van der Waals surface area contributed by atoms with Crippen molar-refractivity contribution in [1.29, 1.82) is 5.26 Å². The van der Waals surface area contributed by atoms with Crippen LogP contribution >= 0.6 is 0 Å². The molecule has 5 atom stereocenters. The third kappa shape index (κ3) is 5.42. The molecule has 9 nitrogen and oxygen atoms in total. The smallest absolute Gasteiger partial charge is 0.253 e. The number of nitriles is 1. The van der Waals surface area contributed by atoms with Crippen molar-refractivity contribution in [2.24, 2.45) is 5.92 Å². The topological polar surface area (TPSA) is 104 Å². The van der Waals surface area contributed by atoms with E-state index in [2.05, 4.69) is 76.9 Å². The zero-order valence-electron chi connectivity index (χ0n) is 27.1. The SMILES string of the molecule is C=C(c1ccc2c(c1)CCc1cc(C(=O)N(C)C)ccc1C2(C[C@H](C)NCC(=C)N1C(C#N)C[C@@H]2C[C@@H]21)c1ncn[nH]1)N(C)C. The Bertz CT molecular complexity index is 1590. The highest BCUT2D eigenvalue weighted by atomic mass is 16.2. The van der Waals surface area contributed by atoms with E-state index in [0.29, 0.717) is 30.5 Å². The largest absolute Gasteiger partial charge is 0.378 e. The number of carbonyl (C=O) groups is 1. The van der Waals surface area contributed by atoms with Crippen molar-refractivity contribution in [1.82, 2.24) is 35.2 Å². The van der Waals surface area contributed by atoms with Crippen LogP contribution in [0.1, 0.15) is 70.2 Å². The molecule has 0 radical (unpaired) electrons. The quantitative estimate of drug-likeness (QED) is 0.355. The van der Waals surface area contributed by atoms with Crippen LogP contribution in [-0.2, 0) is 18.3 Å². The maximum absolute atomic E-state index is 13.1. The number of aromatic nitrogens is 3. The number of fused-ring (bicyclic) bond motifs is 3. The van der Waals surface area contributed by atoms with E-state index in [9.17, 15) is 10.1 Å². The van der Waals surface area contributed by atoms with Crippen LogP contribution in [0.4, 0.5) is 0 Å². The molecule has 2 unspecified atom stereocenters. The first-order chi connectivity index (χ1) is 21.5. The van der Waals surface area contributed by atoms with Crippen molar-refractivity contribution in [3.05, 3.63) is 101 Å². The Kier molecular flexibility index (Phi) is 8.04. The predicted octanol–water partition coefficient (Wildman–Crippen LogP) is 4.34. The van der Waals surface area contributed by atoms with Crippen molar-refractivity contribution in [3.63, 3.8) is 0 Å². The highest BCUT2D eigenvalue weighted by Crippen LogP contribution is 2.50. The summed E-state index contributed by atoms with van der Waals surface area (Å²) in [5, 5.41) is 21.1. The number of aryl methyl sites for hydroxylation is 2. The summed E-state index contributed by atoms with van der Waals surface area (Å²) < 4.78 is 0. The molecule has 0 spiro atoms. The average molecular weight is 605 g/mol. The third-order valence-corrected chi connectivity index (χ3v) is 10.0. The van der Waals surface area contributed by atoms with Gasteiger partial charge in [-0.25, -0.2) is 4.98 Å². The van der Waals surface area contributed by atoms with Gasteiger partial charge in [-0.15, -0.1) is 0 Å². The number of H-pyrrole nitrogens is 1. The zero-order valence-corrected chi connectivity index (χ0v) is 27.1. The Morgan fingerprint density at radius 3 is 2.36 bits per heavy atom. The van der Waals surface area contributed by atoms with Gasteiger partial charge in [0.25, 0.3) is 5.91 Å². The Labute approximate surface area is 266 Å². The van der Waals surface area contributed by atoms with Crippen molar-refractivity contribution in [2.75, 3.05) is 34.7 Å². The molecule has 3 aliphatic rings. The number of hydrogen-bond acceptors (Lipinski definition) is 7. The predicted molar refractivity (Wildman–Crippen MR) is 176 cm³/mol. The Morgan fingerprint density at radius 1 is 1.09 bits per heavy atom. The number of benzene rings is 2. The van der Waals surface area contributed by atoms with E-state index in [1.807, 2.05) is 25.1 Å². The van der Waals surface area contributed by atoms with Crippen LogP contribution < -0.4 is 5.32 Å². The lowest BCUT2D eigenvalue weighted by molar-refractivity contribution is 0.0827. The molecule has 1 amide bonds. The molecule has 0 bridgehead atoms. The second kappa shape index (κ2) is 11.8. The van der Waals surface area contributed by atoms with Gasteiger partial charge in [-0.2, -0.15) is 10.4 Å². The maximum atomic E-state index is 13.1. The summed E-state index contributed by atoms with van der Waals surface area (Å²) >= 11 is 0. The van der Waals surface area contributed by atoms with Gasteiger partial charge in [-0.3, -0.25) is 9.89 Å². The summed E-state index contributed by atoms with van der Waals surface area (Å²) in [6.07, 6.45) is 5.98. The van der Waals surface area contributed by atoms with E-state index in [4.69, 9.17) is 4.98 Å². The molecule has 2 heterocycles. The molecule has 1 aliphatic heterocycles. The summed E-state index contributed by atoms with van der Waals surface area (Å²) in [5.74, 6) is 1.39. The molecule has 1 saturated carbocycles. The number of piperidine rings is 1. The normalized spacial score (nSPS) is 23.6. The van der Waals surface area contributed by atoms with Gasteiger partial charge in [0.15, 0.2) is 0 Å². The number of nitrogens with zero attached hydrogens (tertiary/aromatic N) is 6. The first-order valence-corrected chi connectivity index (χ1v) is 15.8. The van der Waals surface area contributed by atoms with E-state index in [-0.39, 0.29) is 18.0 Å². The van der Waals surface area contributed by atoms with E-state index in [0.717, 1.165) is 59.6 Å². The Balaban J connectivity index is 1.42. The van der Waals surface area contributed by atoms with Crippen LogP contribution in [0.25, 0.3) is 5.70 Å². The number of nitrogens with one attached hydrogen (secondary N) is 2. The van der Waals surface area contributed by atoms with Crippen LogP contribution in [0.3, 0.4) is 0 Å². The molecule has 45 heavy (non-hydrogen) atoms. The maximum Gasteiger partial charge on any atom is 0.253 e. The number of amides is 1. The van der Waals surface area contributed by atoms with Gasteiger partial charge in [0, 0.05) is 63.8 Å². The minimum absolute atomic E-state index is 0.0153. The second-order valence-corrected chi connectivity index (χ2v) is 13.4. The van der Waals surface area contributed by atoms with Gasteiger partial charge < -0.3 is 20.0 Å². The number of hydrogen-bond donors (Lipinski definition) is 2. The lowest BCUT2D eigenvalue weighted by Crippen LogP contribution is -2.42. The van der Waals surface area contributed by atoms with Crippen molar-refractivity contribution in [2.45, 2.75) is 62.6 Å². The number of rotatable bonds is 10. The molecule has 1 aromatic heterocycles. The molecular weight excluding hydrogens is 560 g/mol. The van der Waals surface area contributed by atoms with Crippen molar-refractivity contribution < 1.29 is 4.79 Å². The van der Waals surface area contributed by atoms with Gasteiger partial charge in [0.05, 0.1) is 11.5 Å². The van der Waals surface area contributed by atoms with Crippen LogP contribution in [0.2, 0.25) is 0 Å². The standard InChI is InChI=1S/C36H44N8O/c1-22(38-20-23(2)44-30(19-37)16-29-17-33(29)44)18-36(35-39-21-40-41-35)31-12-10-25(24(3)42(4)5)14-26(31)8-9-27-15-28(11-13-32(27)36)34(45)43(6)7/h10-15,21-22,29-30,33,38H,2-3,8-9,16-18,20H2,1,4-7H3,(H,39,40,41)/t22-,29+,30?,33-,36?/m0/s1. The molecule has 234 valence electrons. The van der Waals surface area contributed by atoms with E-state index >= 15 is 0 Å². The Hall–Kier alpha value is -4.42. The first-order valence-electron chi connectivity index (χ1n) is 15.8. The number of aromatic amines is 1. The molecule has 1 saturated heterocycles. The van der Waals surface area contributed by atoms with E-state index in [1.54, 1.807) is 25.3 Å². The number of carbonyl (C=O) groups excluding carboxylic acids is 1. The average Bonchev–Trinajstić information content (AvgIpc) is 3.42. The van der Waals surface area contributed by atoms with Crippen molar-refractivity contribution >= 4 is 11.6 Å². The Morgan fingerprint density at radius 2 is 1.76 bits per heavy atom.